The average Bonchev–Trinajstić information content (AvgIpc) is 2.88. The lowest BCUT2D eigenvalue weighted by Gasteiger charge is -2.43. The summed E-state index contributed by atoms with van der Waals surface area (Å²) >= 11 is 2.35. The summed E-state index contributed by atoms with van der Waals surface area (Å²) in [4.78, 5) is 39.4. The van der Waals surface area contributed by atoms with Crippen LogP contribution in [-0.2, 0) is 9.59 Å². The molecule has 4 rings (SSSR count). The van der Waals surface area contributed by atoms with Crippen LogP contribution in [0.3, 0.4) is 0 Å². The highest BCUT2D eigenvalue weighted by atomic mass is 32.2. The molecule has 0 radical (unpaired) electrons. The summed E-state index contributed by atoms with van der Waals surface area (Å²) in [6.45, 7) is 1.92. The fourth-order valence-electron chi connectivity index (χ4n) is 3.46. The van der Waals surface area contributed by atoms with Gasteiger partial charge in [-0.3, -0.25) is 14.4 Å². The standard InChI is InChI=1S/C16H13NO5S2/c1-7-2-3-9-8(4-7)11-12-13(17-15(21)24-12)23-6-16(11,5-10(18)19)14(20)22-9/h2-4,11H,5-6H2,1H3,(H,17,21)(H,18,19)/t11-,16-/m0/s1. The van der Waals surface area contributed by atoms with Gasteiger partial charge in [0.15, 0.2) is 0 Å². The second-order valence-corrected chi connectivity index (χ2v) is 8.09. The van der Waals surface area contributed by atoms with Crippen LogP contribution in [0.2, 0.25) is 0 Å². The molecule has 3 heterocycles. The number of hydrogen-bond donors (Lipinski definition) is 2. The van der Waals surface area contributed by atoms with Gasteiger partial charge in [0.05, 0.1) is 11.4 Å². The van der Waals surface area contributed by atoms with Crippen molar-refractivity contribution in [1.82, 2.24) is 4.98 Å². The number of carboxylic acid groups (broad SMARTS) is 1. The van der Waals surface area contributed by atoms with E-state index in [1.54, 1.807) is 6.07 Å². The number of fused-ring (bicyclic) bond motifs is 5. The highest BCUT2D eigenvalue weighted by Gasteiger charge is 2.57. The molecule has 0 aliphatic carbocycles. The molecule has 2 aromatic rings. The Morgan fingerprint density at radius 1 is 1.46 bits per heavy atom. The van der Waals surface area contributed by atoms with Crippen LogP contribution in [-0.4, -0.2) is 27.8 Å². The number of rotatable bonds is 2. The zero-order chi connectivity index (χ0) is 17.1. The van der Waals surface area contributed by atoms with Crippen LogP contribution < -0.4 is 9.61 Å². The van der Waals surface area contributed by atoms with Crippen molar-refractivity contribution in [3.8, 4) is 5.75 Å². The minimum atomic E-state index is -1.20. The number of esters is 1. The number of thiazole rings is 1. The third-order valence-electron chi connectivity index (χ3n) is 4.48. The molecule has 1 aromatic heterocycles. The quantitative estimate of drug-likeness (QED) is 0.628. The van der Waals surface area contributed by atoms with Crippen molar-refractivity contribution >= 4 is 35.0 Å². The van der Waals surface area contributed by atoms with Gasteiger partial charge in [-0.2, -0.15) is 0 Å². The first-order valence-corrected chi connectivity index (χ1v) is 9.11. The number of benzene rings is 1. The largest absolute Gasteiger partial charge is 0.481 e. The summed E-state index contributed by atoms with van der Waals surface area (Å²) in [5.74, 6) is -1.37. The van der Waals surface area contributed by atoms with Crippen molar-refractivity contribution < 1.29 is 19.4 Å². The van der Waals surface area contributed by atoms with Gasteiger partial charge in [-0.1, -0.05) is 29.0 Å². The zero-order valence-corrected chi connectivity index (χ0v) is 14.3. The van der Waals surface area contributed by atoms with Crippen LogP contribution in [0.25, 0.3) is 0 Å². The number of aromatic amines is 1. The number of nitrogens with one attached hydrogen (secondary N) is 1. The number of aliphatic carboxylic acids is 1. The van der Waals surface area contributed by atoms with E-state index >= 15 is 0 Å². The maximum absolute atomic E-state index is 12.8. The normalized spacial score (nSPS) is 24.5. The molecule has 0 saturated heterocycles. The second kappa shape index (κ2) is 5.22. The van der Waals surface area contributed by atoms with Gasteiger partial charge in [0.2, 0.25) is 0 Å². The van der Waals surface area contributed by atoms with Gasteiger partial charge < -0.3 is 14.8 Å². The molecule has 1 aromatic carbocycles. The van der Waals surface area contributed by atoms with Crippen LogP contribution in [0.1, 0.15) is 28.3 Å². The Hall–Kier alpha value is -2.06. The Labute approximate surface area is 144 Å². The summed E-state index contributed by atoms with van der Waals surface area (Å²) in [6.07, 6.45) is -0.331. The molecule has 0 saturated carbocycles. The molecule has 0 unspecified atom stereocenters. The van der Waals surface area contributed by atoms with E-state index in [1.165, 1.54) is 11.8 Å². The number of ether oxygens (including phenoxy) is 1. The van der Waals surface area contributed by atoms with Crippen molar-refractivity contribution in [1.29, 1.82) is 0 Å². The first-order valence-electron chi connectivity index (χ1n) is 7.31. The second-order valence-electron chi connectivity index (χ2n) is 6.09. The van der Waals surface area contributed by atoms with Gasteiger partial charge >= 0.3 is 16.8 Å². The van der Waals surface area contributed by atoms with E-state index in [1.807, 2.05) is 19.1 Å². The molecule has 2 atom stereocenters. The van der Waals surface area contributed by atoms with Crippen LogP contribution in [0.5, 0.6) is 5.75 Å². The highest BCUT2D eigenvalue weighted by molar-refractivity contribution is 7.99. The van der Waals surface area contributed by atoms with Crippen LogP contribution >= 0.6 is 23.1 Å². The highest BCUT2D eigenvalue weighted by Crippen LogP contribution is 2.58. The van der Waals surface area contributed by atoms with E-state index in [2.05, 4.69) is 4.98 Å². The fraction of sp³-hybridized carbons (Fsp3) is 0.312. The predicted molar refractivity (Wildman–Crippen MR) is 89.0 cm³/mol. The molecule has 0 spiro atoms. The molecule has 0 amide bonds. The fourth-order valence-corrected chi connectivity index (χ4v) is 6.00. The van der Waals surface area contributed by atoms with Crippen LogP contribution in [0, 0.1) is 12.3 Å². The first-order chi connectivity index (χ1) is 11.4. The van der Waals surface area contributed by atoms with Crippen molar-refractivity contribution in [3.05, 3.63) is 43.9 Å². The molecule has 6 nitrogen and oxygen atoms in total. The maximum Gasteiger partial charge on any atom is 0.319 e. The Kier molecular flexibility index (Phi) is 3.36. The summed E-state index contributed by atoms with van der Waals surface area (Å²) < 4.78 is 5.48. The minimum Gasteiger partial charge on any atom is -0.481 e. The molecule has 124 valence electrons. The number of thioether (sulfide) groups is 1. The van der Waals surface area contributed by atoms with E-state index in [9.17, 15) is 19.5 Å². The summed E-state index contributed by atoms with van der Waals surface area (Å²) in [5, 5.41) is 10.1. The van der Waals surface area contributed by atoms with Crippen molar-refractivity contribution in [3.63, 3.8) is 0 Å². The van der Waals surface area contributed by atoms with Crippen LogP contribution in [0.4, 0.5) is 0 Å². The van der Waals surface area contributed by atoms with Crippen LogP contribution in [0.15, 0.2) is 28.0 Å². The zero-order valence-electron chi connectivity index (χ0n) is 12.6. The van der Waals surface area contributed by atoms with Crippen molar-refractivity contribution in [2.24, 2.45) is 5.41 Å². The molecule has 0 bridgehead atoms. The monoisotopic (exact) mass is 363 g/mol. The van der Waals surface area contributed by atoms with Gasteiger partial charge in [-0.05, 0) is 13.0 Å². The number of aryl methyl sites for hydroxylation is 1. The van der Waals surface area contributed by atoms with E-state index < -0.39 is 23.3 Å². The lowest BCUT2D eigenvalue weighted by Crippen LogP contribution is -2.48. The molecule has 0 fully saturated rings. The van der Waals surface area contributed by atoms with Gasteiger partial charge in [-0.15, -0.1) is 11.8 Å². The number of aromatic nitrogens is 1. The molecular weight excluding hydrogens is 350 g/mol. The molecule has 2 N–H and O–H groups in total. The topological polar surface area (TPSA) is 96.5 Å². The summed E-state index contributed by atoms with van der Waals surface area (Å²) in [5.41, 5.74) is 0.557. The molecule has 24 heavy (non-hydrogen) atoms. The van der Waals surface area contributed by atoms with E-state index in [0.29, 0.717) is 5.75 Å². The molecule has 8 heteroatoms. The van der Waals surface area contributed by atoms with E-state index in [-0.39, 0.29) is 17.0 Å². The molecule has 2 aliphatic rings. The smallest absolute Gasteiger partial charge is 0.319 e. The first kappa shape index (κ1) is 15.5. The Bertz CT molecular complexity index is 931. The van der Waals surface area contributed by atoms with Gasteiger partial charge in [0.25, 0.3) is 0 Å². The third-order valence-corrected chi connectivity index (χ3v) is 6.83. The Morgan fingerprint density at radius 3 is 3.00 bits per heavy atom. The number of carboxylic acids is 1. The lowest BCUT2D eigenvalue weighted by atomic mass is 9.68. The number of carbonyl (C=O) groups is 2. The number of hydrogen-bond acceptors (Lipinski definition) is 6. The van der Waals surface area contributed by atoms with Crippen molar-refractivity contribution in [2.75, 3.05) is 5.75 Å². The van der Waals surface area contributed by atoms with Gasteiger partial charge in [-0.25, -0.2) is 0 Å². The third kappa shape index (κ3) is 2.13. The van der Waals surface area contributed by atoms with E-state index in [0.717, 1.165) is 32.4 Å². The number of carbonyl (C=O) groups excluding carboxylic acids is 1. The van der Waals surface area contributed by atoms with E-state index in [4.69, 9.17) is 4.74 Å². The minimum absolute atomic E-state index is 0.202. The van der Waals surface area contributed by atoms with Gasteiger partial charge in [0.1, 0.15) is 11.2 Å². The van der Waals surface area contributed by atoms with Gasteiger partial charge in [0, 0.05) is 22.1 Å². The van der Waals surface area contributed by atoms with Crippen molar-refractivity contribution in [2.45, 2.75) is 24.3 Å². The summed E-state index contributed by atoms with van der Waals surface area (Å²) in [6, 6.07) is 5.48. The number of H-pyrrole nitrogens is 1. The lowest BCUT2D eigenvalue weighted by molar-refractivity contribution is -0.154. The molecule has 2 aliphatic heterocycles. The SMILES string of the molecule is Cc1ccc2c(c1)[C@H]1c3sc(=O)[nH]c3SC[C@]1(CC(=O)O)C(=O)O2. The average molecular weight is 363 g/mol. The Morgan fingerprint density at radius 2 is 2.25 bits per heavy atom. The predicted octanol–water partition coefficient (Wildman–Crippen LogP) is 2.36. The summed E-state index contributed by atoms with van der Waals surface area (Å²) in [7, 11) is 0. The Balaban J connectivity index is 2.01. The molecular formula is C16H13NO5S2. The maximum atomic E-state index is 12.8.